The van der Waals surface area contributed by atoms with Gasteiger partial charge in [0.2, 0.25) is 0 Å². The second-order valence-corrected chi connectivity index (χ2v) is 15.9. The van der Waals surface area contributed by atoms with E-state index in [2.05, 4.69) is 142 Å². The minimum Gasteiger partial charge on any atom is -0.462 e. The van der Waals surface area contributed by atoms with Gasteiger partial charge in [0.05, 0.1) is 13.2 Å². The molecule has 0 rings (SSSR count). The summed E-state index contributed by atoms with van der Waals surface area (Å²) in [5.74, 6) is -0.504. The summed E-state index contributed by atoms with van der Waals surface area (Å²) in [7, 11) is 0. The van der Waals surface area contributed by atoms with Gasteiger partial charge in [0.15, 0.2) is 6.10 Å². The number of unbranched alkanes of at least 4 members (excludes halogenated alkanes) is 13. The molecule has 1 atom stereocenters. The lowest BCUT2D eigenvalue weighted by Crippen LogP contribution is -2.30. The van der Waals surface area contributed by atoms with Gasteiger partial charge < -0.3 is 14.2 Å². The lowest BCUT2D eigenvalue weighted by atomic mass is 10.1. The predicted molar refractivity (Wildman–Crippen MR) is 269 cm³/mol. The van der Waals surface area contributed by atoms with Crippen molar-refractivity contribution in [3.05, 3.63) is 122 Å². The minimum absolute atomic E-state index is 0.0233. The van der Waals surface area contributed by atoms with Gasteiger partial charge in [0.25, 0.3) is 0 Å². The van der Waals surface area contributed by atoms with E-state index in [4.69, 9.17) is 14.2 Å². The van der Waals surface area contributed by atoms with Crippen LogP contribution in [0, 0.1) is 0 Å². The van der Waals surface area contributed by atoms with Crippen LogP contribution in [0.25, 0.3) is 0 Å². The normalized spacial score (nSPS) is 13.3. The molecule has 0 radical (unpaired) electrons. The van der Waals surface area contributed by atoms with Gasteiger partial charge in [0.1, 0.15) is 6.61 Å². The van der Waals surface area contributed by atoms with Crippen LogP contribution in [0.15, 0.2) is 122 Å². The number of carbonyl (C=O) groups excluding carboxylic acids is 2. The fourth-order valence-electron chi connectivity index (χ4n) is 6.32. The number of rotatable bonds is 44. The highest BCUT2D eigenvalue weighted by atomic mass is 16.6. The molecule has 0 bridgehead atoms. The molecule has 0 fully saturated rings. The van der Waals surface area contributed by atoms with E-state index < -0.39 is 6.10 Å². The van der Waals surface area contributed by atoms with Crippen LogP contribution in [0.5, 0.6) is 0 Å². The quantitative estimate of drug-likeness (QED) is 0.0347. The molecule has 0 aliphatic rings. The van der Waals surface area contributed by atoms with Crippen molar-refractivity contribution in [3.8, 4) is 0 Å². The lowest BCUT2D eigenvalue weighted by Gasteiger charge is -2.18. The van der Waals surface area contributed by atoms with E-state index in [0.717, 1.165) is 109 Å². The molecule has 5 nitrogen and oxygen atoms in total. The Morgan fingerprint density at radius 2 is 0.726 bits per heavy atom. The van der Waals surface area contributed by atoms with Crippen molar-refractivity contribution in [2.45, 2.75) is 207 Å². The molecular formula is C57H92O5. The first-order valence-electron chi connectivity index (χ1n) is 25.1. The topological polar surface area (TPSA) is 61.8 Å². The van der Waals surface area contributed by atoms with E-state index >= 15 is 0 Å². The highest BCUT2D eigenvalue weighted by Gasteiger charge is 2.17. The summed E-state index contributed by atoms with van der Waals surface area (Å²) in [6.07, 6.45) is 72.3. The summed E-state index contributed by atoms with van der Waals surface area (Å²) >= 11 is 0. The maximum Gasteiger partial charge on any atom is 0.306 e. The van der Waals surface area contributed by atoms with E-state index in [0.29, 0.717) is 19.4 Å². The van der Waals surface area contributed by atoms with Gasteiger partial charge in [0, 0.05) is 12.8 Å². The van der Waals surface area contributed by atoms with E-state index in [9.17, 15) is 9.59 Å². The van der Waals surface area contributed by atoms with Crippen LogP contribution in [0.2, 0.25) is 0 Å². The van der Waals surface area contributed by atoms with Crippen LogP contribution in [0.1, 0.15) is 201 Å². The minimum atomic E-state index is -0.604. The first kappa shape index (κ1) is 58.3. The van der Waals surface area contributed by atoms with Crippen LogP contribution in [-0.4, -0.2) is 37.9 Å². The third-order valence-corrected chi connectivity index (χ3v) is 9.98. The van der Waals surface area contributed by atoms with Crippen molar-refractivity contribution < 1.29 is 23.8 Å². The van der Waals surface area contributed by atoms with Crippen molar-refractivity contribution in [2.24, 2.45) is 0 Å². The maximum atomic E-state index is 12.8. The fourth-order valence-corrected chi connectivity index (χ4v) is 6.32. The van der Waals surface area contributed by atoms with E-state index in [1.54, 1.807) is 0 Å². The molecule has 0 saturated carbocycles. The number of hydrogen-bond acceptors (Lipinski definition) is 5. The predicted octanol–water partition coefficient (Wildman–Crippen LogP) is 17.0. The van der Waals surface area contributed by atoms with Crippen molar-refractivity contribution in [1.29, 1.82) is 0 Å². The number of ether oxygens (including phenoxy) is 3. The molecule has 0 spiro atoms. The highest BCUT2D eigenvalue weighted by Crippen LogP contribution is 2.12. The van der Waals surface area contributed by atoms with Crippen molar-refractivity contribution in [1.82, 2.24) is 0 Å². The Labute approximate surface area is 382 Å². The Bertz CT molecular complexity index is 1290. The van der Waals surface area contributed by atoms with Gasteiger partial charge in [-0.1, -0.05) is 194 Å². The Hall–Kier alpha value is -3.70. The van der Waals surface area contributed by atoms with Crippen molar-refractivity contribution >= 4 is 11.9 Å². The summed E-state index contributed by atoms with van der Waals surface area (Å²) in [5, 5.41) is 0. The van der Waals surface area contributed by atoms with Crippen LogP contribution < -0.4 is 0 Å². The summed E-state index contributed by atoms with van der Waals surface area (Å²) < 4.78 is 17.2. The van der Waals surface area contributed by atoms with Crippen molar-refractivity contribution in [2.75, 3.05) is 19.8 Å². The van der Waals surface area contributed by atoms with Gasteiger partial charge in [-0.3, -0.25) is 9.59 Å². The van der Waals surface area contributed by atoms with Gasteiger partial charge in [-0.05, 0) is 116 Å². The smallest absolute Gasteiger partial charge is 0.306 e. The van der Waals surface area contributed by atoms with Gasteiger partial charge in [-0.15, -0.1) is 0 Å². The molecule has 0 aliphatic heterocycles. The molecule has 1 unspecified atom stereocenters. The average Bonchev–Trinajstić information content (AvgIpc) is 3.27. The van der Waals surface area contributed by atoms with Crippen LogP contribution in [0.3, 0.4) is 0 Å². The Morgan fingerprint density at radius 3 is 1.21 bits per heavy atom. The second-order valence-electron chi connectivity index (χ2n) is 15.9. The zero-order valence-electron chi connectivity index (χ0n) is 40.1. The number of hydrogen-bond donors (Lipinski definition) is 0. The van der Waals surface area contributed by atoms with Gasteiger partial charge in [-0.25, -0.2) is 0 Å². The maximum absolute atomic E-state index is 12.8. The fraction of sp³-hybridized carbons (Fsp3) is 0.614. The van der Waals surface area contributed by atoms with Crippen LogP contribution >= 0.6 is 0 Å². The SMILES string of the molecule is CC/C=C\C/C=C\C/C=C\C/C=C\C/C=C\CCOCC(COC(=O)CCCC/C=C\C/C=C\C/C=C\C/C=C\CC)OC(=O)CCCCCCC/C=C\CCCCCCCC. The molecule has 0 aromatic carbocycles. The lowest BCUT2D eigenvalue weighted by molar-refractivity contribution is -0.162. The van der Waals surface area contributed by atoms with E-state index in [1.165, 1.54) is 57.8 Å². The number of allylic oxidation sites excluding steroid dienone is 19. The molecule has 5 heteroatoms. The zero-order valence-corrected chi connectivity index (χ0v) is 40.1. The molecule has 0 N–H and O–H groups in total. The standard InChI is InChI=1S/C57H92O5/c1-4-7-10-13-16-19-22-25-28-31-34-37-40-43-46-49-52-60-53-55(62-57(59)51-48-45-42-39-36-33-30-27-24-21-18-15-12-9-6-3)54-61-56(58)50-47-44-41-38-35-32-29-26-23-20-17-14-11-8-5-2/h7-8,10-11,16-17,19-20,25-30,34-35,37-38,43,46,55H,4-6,9,12-15,18,21-24,31-33,36,39-42,44-45,47-54H2,1-3H3/b10-7-,11-8-,19-16-,20-17-,28-25-,29-26-,30-27-,37-34-,38-35-,46-43-. The largest absolute Gasteiger partial charge is 0.462 e. The van der Waals surface area contributed by atoms with Gasteiger partial charge >= 0.3 is 11.9 Å². The van der Waals surface area contributed by atoms with Crippen LogP contribution in [0.4, 0.5) is 0 Å². The number of carbonyl (C=O) groups is 2. The molecule has 0 aliphatic carbocycles. The second kappa shape index (κ2) is 51.6. The Morgan fingerprint density at radius 1 is 0.371 bits per heavy atom. The first-order valence-corrected chi connectivity index (χ1v) is 25.1. The average molecular weight is 857 g/mol. The molecule has 62 heavy (non-hydrogen) atoms. The summed E-state index contributed by atoms with van der Waals surface area (Å²) in [4.78, 5) is 25.4. The zero-order chi connectivity index (χ0) is 44.9. The highest BCUT2D eigenvalue weighted by molar-refractivity contribution is 5.70. The molecule has 0 aromatic rings. The monoisotopic (exact) mass is 857 g/mol. The van der Waals surface area contributed by atoms with Crippen LogP contribution in [-0.2, 0) is 23.8 Å². The third kappa shape index (κ3) is 49.0. The third-order valence-electron chi connectivity index (χ3n) is 9.98. The van der Waals surface area contributed by atoms with E-state index in [1.807, 2.05) is 0 Å². The summed E-state index contributed by atoms with van der Waals surface area (Å²) in [6.45, 7) is 7.31. The molecule has 0 saturated heterocycles. The summed E-state index contributed by atoms with van der Waals surface area (Å²) in [6, 6.07) is 0. The summed E-state index contributed by atoms with van der Waals surface area (Å²) in [5.41, 5.74) is 0. The molecule has 0 amide bonds. The molecule has 0 heterocycles. The van der Waals surface area contributed by atoms with Gasteiger partial charge in [-0.2, -0.15) is 0 Å². The molecule has 350 valence electrons. The first-order chi connectivity index (χ1) is 30.6. The van der Waals surface area contributed by atoms with Crippen molar-refractivity contribution in [3.63, 3.8) is 0 Å². The Kier molecular flexibility index (Phi) is 48.6. The molecule has 0 aromatic heterocycles. The number of esters is 2. The Balaban J connectivity index is 4.49. The molecular weight excluding hydrogens is 765 g/mol. The van der Waals surface area contributed by atoms with E-state index in [-0.39, 0.29) is 25.2 Å².